The fourth-order valence-corrected chi connectivity index (χ4v) is 2.48. The molecule has 0 fully saturated rings. The van der Waals surface area contributed by atoms with Crippen molar-refractivity contribution in [2.45, 2.75) is 32.9 Å². The number of anilines is 1. The lowest BCUT2D eigenvalue weighted by Crippen LogP contribution is -2.51. The zero-order valence-corrected chi connectivity index (χ0v) is 12.3. The van der Waals surface area contributed by atoms with Crippen molar-refractivity contribution in [2.75, 3.05) is 12.4 Å². The minimum atomic E-state index is -0.651. The molecule has 3 amide bonds. The fraction of sp³-hybridized carbons (Fsp3) is 0.500. The number of halogens is 1. The number of pyridine rings is 1. The second kappa shape index (κ2) is 6.07. The number of urea groups is 1. The highest BCUT2D eigenvalue weighted by Gasteiger charge is 2.37. The average Bonchev–Trinajstić information content (AvgIpc) is 2.62. The number of hydrogen-bond donors (Lipinski definition) is 2. The molecule has 21 heavy (non-hydrogen) atoms. The van der Waals surface area contributed by atoms with Crippen LogP contribution >= 0.6 is 0 Å². The summed E-state index contributed by atoms with van der Waals surface area (Å²) in [5.74, 6) is -0.904. The molecule has 2 rings (SSSR count). The normalized spacial score (nSPS) is 19.3. The molecule has 0 aromatic carbocycles. The van der Waals surface area contributed by atoms with E-state index in [0.29, 0.717) is 5.69 Å². The summed E-state index contributed by atoms with van der Waals surface area (Å²) in [6.45, 7) is 3.86. The Kier molecular flexibility index (Phi) is 4.40. The maximum absolute atomic E-state index is 14.0. The molecular formula is C14H19FN4O2. The number of hydrogen-bond acceptors (Lipinski definition) is 3. The minimum absolute atomic E-state index is 0.0249. The number of aromatic nitrogens is 1. The quantitative estimate of drug-likeness (QED) is 0.872. The molecule has 0 spiro atoms. The number of rotatable bonds is 2. The molecule has 2 heterocycles. The number of carbonyl (C=O) groups excluding carboxylic acids is 2. The van der Waals surface area contributed by atoms with Crippen LogP contribution in [0, 0.1) is 11.7 Å². The van der Waals surface area contributed by atoms with Crippen LogP contribution < -0.4 is 10.6 Å². The van der Waals surface area contributed by atoms with Crippen molar-refractivity contribution in [1.82, 2.24) is 15.2 Å². The van der Waals surface area contributed by atoms with E-state index in [9.17, 15) is 14.0 Å². The Morgan fingerprint density at radius 1 is 1.62 bits per heavy atom. The highest BCUT2D eigenvalue weighted by Crippen LogP contribution is 2.28. The van der Waals surface area contributed by atoms with Crippen LogP contribution in [0.2, 0.25) is 0 Å². The lowest BCUT2D eigenvalue weighted by molar-refractivity contribution is -0.121. The molecule has 0 bridgehead atoms. The van der Waals surface area contributed by atoms with Crippen LogP contribution in [0.5, 0.6) is 0 Å². The third-order valence-electron chi connectivity index (χ3n) is 3.85. The third kappa shape index (κ3) is 2.81. The Bertz CT molecular complexity index is 564. The number of fused-ring (bicyclic) bond motifs is 1. The minimum Gasteiger partial charge on any atom is -0.341 e. The van der Waals surface area contributed by atoms with Crippen molar-refractivity contribution in [3.63, 3.8) is 0 Å². The molecule has 1 aromatic rings. The van der Waals surface area contributed by atoms with Gasteiger partial charge in [0.05, 0.1) is 24.6 Å². The van der Waals surface area contributed by atoms with Crippen LogP contribution in [0.3, 0.4) is 0 Å². The number of carbonyl (C=O) groups is 2. The van der Waals surface area contributed by atoms with Crippen LogP contribution in [0.4, 0.5) is 14.9 Å². The lowest BCUT2D eigenvalue weighted by atomic mass is 9.97. The molecule has 0 saturated carbocycles. The molecule has 0 radical (unpaired) electrons. The highest BCUT2D eigenvalue weighted by atomic mass is 19.1. The SMILES string of the molecule is CCC(C)C1C(=O)Nc2cncc(F)c2CN1C(=O)NC. The number of nitrogens with one attached hydrogen (secondary N) is 2. The van der Waals surface area contributed by atoms with E-state index in [-0.39, 0.29) is 23.9 Å². The van der Waals surface area contributed by atoms with Crippen LogP contribution in [0.1, 0.15) is 25.8 Å². The highest BCUT2D eigenvalue weighted by molar-refractivity contribution is 5.98. The van der Waals surface area contributed by atoms with Crippen LogP contribution in [0.25, 0.3) is 0 Å². The van der Waals surface area contributed by atoms with Crippen molar-refractivity contribution in [2.24, 2.45) is 5.92 Å². The molecule has 7 heteroatoms. The Hall–Kier alpha value is -2.18. The van der Waals surface area contributed by atoms with Crippen LogP contribution in [-0.2, 0) is 11.3 Å². The second-order valence-electron chi connectivity index (χ2n) is 5.15. The largest absolute Gasteiger partial charge is 0.341 e. The van der Waals surface area contributed by atoms with Gasteiger partial charge in [0.2, 0.25) is 5.91 Å². The Balaban J connectivity index is 2.49. The van der Waals surface area contributed by atoms with E-state index in [4.69, 9.17) is 0 Å². The predicted octanol–water partition coefficient (Wildman–Crippen LogP) is 1.73. The third-order valence-corrected chi connectivity index (χ3v) is 3.85. The maximum Gasteiger partial charge on any atom is 0.318 e. The van der Waals surface area contributed by atoms with Crippen molar-refractivity contribution >= 4 is 17.6 Å². The van der Waals surface area contributed by atoms with Crippen LogP contribution in [-0.4, -0.2) is 34.9 Å². The maximum atomic E-state index is 14.0. The summed E-state index contributed by atoms with van der Waals surface area (Å²) in [6, 6.07) is -1.05. The van der Waals surface area contributed by atoms with Gasteiger partial charge in [0.15, 0.2) is 0 Å². The second-order valence-corrected chi connectivity index (χ2v) is 5.15. The Labute approximate surface area is 122 Å². The summed E-state index contributed by atoms with van der Waals surface area (Å²) in [6.07, 6.45) is 3.20. The van der Waals surface area contributed by atoms with E-state index in [1.54, 1.807) is 0 Å². The van der Waals surface area contributed by atoms with Gasteiger partial charge in [-0.2, -0.15) is 0 Å². The summed E-state index contributed by atoms with van der Waals surface area (Å²) in [7, 11) is 1.49. The molecule has 114 valence electrons. The monoisotopic (exact) mass is 294 g/mol. The van der Waals surface area contributed by atoms with Gasteiger partial charge in [0, 0.05) is 12.6 Å². The van der Waals surface area contributed by atoms with Gasteiger partial charge >= 0.3 is 6.03 Å². The van der Waals surface area contributed by atoms with Gasteiger partial charge in [-0.1, -0.05) is 20.3 Å². The molecule has 0 saturated heterocycles. The van der Waals surface area contributed by atoms with E-state index in [2.05, 4.69) is 15.6 Å². The summed E-state index contributed by atoms with van der Waals surface area (Å²) < 4.78 is 14.0. The van der Waals surface area contributed by atoms with Gasteiger partial charge in [-0.05, 0) is 5.92 Å². The molecule has 2 N–H and O–H groups in total. The first kappa shape index (κ1) is 15.2. The molecular weight excluding hydrogens is 275 g/mol. The van der Waals surface area contributed by atoms with Gasteiger partial charge in [-0.15, -0.1) is 0 Å². The first-order valence-corrected chi connectivity index (χ1v) is 6.91. The molecule has 2 unspecified atom stereocenters. The summed E-state index contributed by atoms with van der Waals surface area (Å²) in [5, 5.41) is 5.19. The van der Waals surface area contributed by atoms with Gasteiger partial charge in [0.1, 0.15) is 11.9 Å². The molecule has 1 aliphatic rings. The van der Waals surface area contributed by atoms with Crippen molar-refractivity contribution in [3.05, 3.63) is 23.8 Å². The molecule has 2 atom stereocenters. The van der Waals surface area contributed by atoms with E-state index in [1.165, 1.54) is 18.1 Å². The first-order valence-electron chi connectivity index (χ1n) is 6.91. The van der Waals surface area contributed by atoms with E-state index in [0.717, 1.165) is 12.6 Å². The van der Waals surface area contributed by atoms with Crippen molar-refractivity contribution in [1.29, 1.82) is 0 Å². The standard InChI is InChI=1S/C14H19FN4O2/c1-4-8(2)12-13(20)18-11-6-17-5-10(15)9(11)7-19(12)14(21)16-3/h5-6,8,12H,4,7H2,1-3H3,(H,16,21)(H,18,20). The van der Waals surface area contributed by atoms with Gasteiger partial charge in [0.25, 0.3) is 0 Å². The summed E-state index contributed by atoms with van der Waals surface area (Å²) in [4.78, 5) is 29.7. The van der Waals surface area contributed by atoms with Crippen molar-refractivity contribution < 1.29 is 14.0 Å². The fourth-order valence-electron chi connectivity index (χ4n) is 2.48. The zero-order valence-electron chi connectivity index (χ0n) is 12.3. The predicted molar refractivity (Wildman–Crippen MR) is 76.1 cm³/mol. The molecule has 1 aliphatic heterocycles. The van der Waals surface area contributed by atoms with Crippen molar-refractivity contribution in [3.8, 4) is 0 Å². The van der Waals surface area contributed by atoms with Gasteiger partial charge < -0.3 is 15.5 Å². The molecule has 0 aliphatic carbocycles. The Morgan fingerprint density at radius 3 is 2.95 bits per heavy atom. The average molecular weight is 294 g/mol. The van der Waals surface area contributed by atoms with E-state index in [1.807, 2.05) is 13.8 Å². The zero-order chi connectivity index (χ0) is 15.6. The topological polar surface area (TPSA) is 74.3 Å². The molecule has 6 nitrogen and oxygen atoms in total. The molecule has 1 aromatic heterocycles. The van der Waals surface area contributed by atoms with Crippen LogP contribution in [0.15, 0.2) is 12.4 Å². The van der Waals surface area contributed by atoms with E-state index >= 15 is 0 Å². The smallest absolute Gasteiger partial charge is 0.318 e. The Morgan fingerprint density at radius 2 is 2.33 bits per heavy atom. The van der Waals surface area contributed by atoms with Gasteiger partial charge in [-0.25, -0.2) is 9.18 Å². The number of nitrogens with zero attached hydrogens (tertiary/aromatic N) is 2. The number of amides is 3. The van der Waals surface area contributed by atoms with E-state index < -0.39 is 17.9 Å². The first-order chi connectivity index (χ1) is 9.99. The lowest BCUT2D eigenvalue weighted by Gasteiger charge is -2.31. The summed E-state index contributed by atoms with van der Waals surface area (Å²) >= 11 is 0. The summed E-state index contributed by atoms with van der Waals surface area (Å²) in [5.41, 5.74) is 0.590. The van der Waals surface area contributed by atoms with Gasteiger partial charge in [-0.3, -0.25) is 9.78 Å².